The molecule has 0 atom stereocenters. The Morgan fingerprint density at radius 1 is 1.12 bits per heavy atom. The molecule has 1 N–H and O–H groups in total. The highest BCUT2D eigenvalue weighted by Crippen LogP contribution is 2.28. The monoisotopic (exact) mass is 343 g/mol. The zero-order valence-electron chi connectivity index (χ0n) is 13.7. The van der Waals surface area contributed by atoms with Gasteiger partial charge in [-0.2, -0.15) is 0 Å². The average molecular weight is 343 g/mol. The number of benzene rings is 1. The molecule has 1 saturated heterocycles. The SMILES string of the molecule is CC(=O)c1ccc(-c2ccc(C(=O)NCC3CCOCC3)cc2)s1. The van der Waals surface area contributed by atoms with Crippen molar-refractivity contribution in [2.45, 2.75) is 19.8 Å². The van der Waals surface area contributed by atoms with Crippen molar-refractivity contribution in [2.24, 2.45) is 5.92 Å². The summed E-state index contributed by atoms with van der Waals surface area (Å²) >= 11 is 1.48. The van der Waals surface area contributed by atoms with E-state index in [1.807, 2.05) is 36.4 Å². The molecule has 0 unspecified atom stereocenters. The number of carbonyl (C=O) groups excluding carboxylic acids is 2. The number of carbonyl (C=O) groups is 2. The number of nitrogens with one attached hydrogen (secondary N) is 1. The van der Waals surface area contributed by atoms with Crippen LogP contribution in [0.15, 0.2) is 36.4 Å². The van der Waals surface area contributed by atoms with E-state index in [4.69, 9.17) is 4.74 Å². The highest BCUT2D eigenvalue weighted by atomic mass is 32.1. The van der Waals surface area contributed by atoms with Crippen molar-refractivity contribution in [2.75, 3.05) is 19.8 Å². The van der Waals surface area contributed by atoms with Crippen LogP contribution in [-0.2, 0) is 4.74 Å². The zero-order valence-corrected chi connectivity index (χ0v) is 14.5. The fraction of sp³-hybridized carbons (Fsp3) is 0.368. The highest BCUT2D eigenvalue weighted by molar-refractivity contribution is 7.17. The number of Topliss-reactive ketones (excluding diaryl/α,β-unsaturated/α-hetero) is 1. The van der Waals surface area contributed by atoms with Crippen LogP contribution < -0.4 is 5.32 Å². The van der Waals surface area contributed by atoms with Crippen molar-refractivity contribution in [3.05, 3.63) is 46.8 Å². The molecule has 1 aliphatic heterocycles. The molecule has 4 nitrogen and oxygen atoms in total. The van der Waals surface area contributed by atoms with Crippen molar-refractivity contribution in [3.8, 4) is 10.4 Å². The molecule has 1 aromatic carbocycles. The van der Waals surface area contributed by atoms with Crippen LogP contribution in [0.3, 0.4) is 0 Å². The van der Waals surface area contributed by atoms with Gasteiger partial charge in [0.25, 0.3) is 5.91 Å². The highest BCUT2D eigenvalue weighted by Gasteiger charge is 2.15. The van der Waals surface area contributed by atoms with Gasteiger partial charge < -0.3 is 10.1 Å². The molecule has 1 aromatic heterocycles. The summed E-state index contributed by atoms with van der Waals surface area (Å²) in [5, 5.41) is 3.01. The summed E-state index contributed by atoms with van der Waals surface area (Å²) in [6.07, 6.45) is 2.02. The Labute approximate surface area is 145 Å². The van der Waals surface area contributed by atoms with Gasteiger partial charge in [0.2, 0.25) is 0 Å². The third-order valence-corrected chi connectivity index (χ3v) is 5.51. The molecule has 3 rings (SSSR count). The Balaban J connectivity index is 1.60. The maximum atomic E-state index is 12.2. The van der Waals surface area contributed by atoms with Gasteiger partial charge in [0, 0.05) is 30.2 Å². The van der Waals surface area contributed by atoms with Gasteiger partial charge >= 0.3 is 0 Å². The summed E-state index contributed by atoms with van der Waals surface area (Å²) < 4.78 is 5.33. The molecule has 1 aliphatic rings. The molecule has 2 aromatic rings. The largest absolute Gasteiger partial charge is 0.381 e. The number of hydrogen-bond acceptors (Lipinski definition) is 4. The predicted octanol–water partition coefficient (Wildman–Crippen LogP) is 3.77. The van der Waals surface area contributed by atoms with Crippen LogP contribution in [0.2, 0.25) is 0 Å². The lowest BCUT2D eigenvalue weighted by atomic mass is 10.0. The summed E-state index contributed by atoms with van der Waals surface area (Å²) in [5.41, 5.74) is 1.68. The lowest BCUT2D eigenvalue weighted by molar-refractivity contribution is 0.0642. The lowest BCUT2D eigenvalue weighted by Crippen LogP contribution is -2.32. The third-order valence-electron chi connectivity index (χ3n) is 4.28. The number of thiophene rings is 1. The lowest BCUT2D eigenvalue weighted by Gasteiger charge is -2.22. The van der Waals surface area contributed by atoms with Crippen molar-refractivity contribution >= 4 is 23.0 Å². The first-order valence-electron chi connectivity index (χ1n) is 8.20. The standard InChI is InChI=1S/C19H21NO3S/c1-13(21)17-6-7-18(24-17)15-2-4-16(5-3-15)19(22)20-12-14-8-10-23-11-9-14/h2-7,14H,8-12H2,1H3,(H,20,22). The minimum absolute atomic E-state index is 0.0383. The Hall–Kier alpha value is -1.98. The Bertz CT molecular complexity index is 714. The summed E-state index contributed by atoms with van der Waals surface area (Å²) in [6, 6.07) is 11.3. The molecule has 0 radical (unpaired) electrons. The zero-order chi connectivity index (χ0) is 16.9. The number of amides is 1. The van der Waals surface area contributed by atoms with E-state index in [0.717, 1.165) is 41.4 Å². The van der Waals surface area contributed by atoms with Crippen molar-refractivity contribution in [1.82, 2.24) is 5.32 Å². The first-order valence-corrected chi connectivity index (χ1v) is 9.02. The minimum atomic E-state index is -0.0383. The van der Waals surface area contributed by atoms with Crippen molar-refractivity contribution < 1.29 is 14.3 Å². The van der Waals surface area contributed by atoms with Crippen LogP contribution in [-0.4, -0.2) is 31.4 Å². The van der Waals surface area contributed by atoms with Crippen LogP contribution >= 0.6 is 11.3 Å². The normalized spacial score (nSPS) is 15.2. The summed E-state index contributed by atoms with van der Waals surface area (Å²) in [6.45, 7) is 3.86. The second-order valence-electron chi connectivity index (χ2n) is 6.06. The first-order chi connectivity index (χ1) is 11.6. The van der Waals surface area contributed by atoms with Gasteiger partial charge in [0.15, 0.2) is 5.78 Å². The van der Waals surface area contributed by atoms with Crippen LogP contribution in [0.25, 0.3) is 10.4 Å². The minimum Gasteiger partial charge on any atom is -0.381 e. The summed E-state index contributed by atoms with van der Waals surface area (Å²) in [4.78, 5) is 25.4. The van der Waals surface area contributed by atoms with Gasteiger partial charge in [0.05, 0.1) is 4.88 Å². The molecule has 5 heteroatoms. The predicted molar refractivity (Wildman–Crippen MR) is 95.6 cm³/mol. The van der Waals surface area contributed by atoms with Gasteiger partial charge in [-0.05, 0) is 55.5 Å². The van der Waals surface area contributed by atoms with E-state index in [1.165, 1.54) is 11.3 Å². The first kappa shape index (κ1) is 16.9. The number of hydrogen-bond donors (Lipinski definition) is 1. The number of rotatable bonds is 5. The number of ether oxygens (including phenoxy) is 1. The van der Waals surface area contributed by atoms with Crippen LogP contribution in [0.1, 0.15) is 39.8 Å². The molecule has 0 spiro atoms. The van der Waals surface area contributed by atoms with Gasteiger partial charge in [-0.15, -0.1) is 11.3 Å². The van der Waals surface area contributed by atoms with E-state index in [1.54, 1.807) is 6.92 Å². The van der Waals surface area contributed by atoms with E-state index < -0.39 is 0 Å². The Morgan fingerprint density at radius 2 is 1.83 bits per heavy atom. The molecule has 0 saturated carbocycles. The molecule has 0 aliphatic carbocycles. The quantitative estimate of drug-likeness (QED) is 0.841. The maximum absolute atomic E-state index is 12.2. The summed E-state index contributed by atoms with van der Waals surface area (Å²) in [7, 11) is 0. The number of ketones is 1. The molecule has 0 bridgehead atoms. The smallest absolute Gasteiger partial charge is 0.251 e. The van der Waals surface area contributed by atoms with Crippen LogP contribution in [0, 0.1) is 5.92 Å². The van der Waals surface area contributed by atoms with Crippen LogP contribution in [0.5, 0.6) is 0 Å². The molecule has 1 amide bonds. The van der Waals surface area contributed by atoms with E-state index >= 15 is 0 Å². The van der Waals surface area contributed by atoms with Gasteiger partial charge in [-0.1, -0.05) is 12.1 Å². The Morgan fingerprint density at radius 3 is 2.46 bits per heavy atom. The van der Waals surface area contributed by atoms with E-state index in [0.29, 0.717) is 18.0 Å². The fourth-order valence-electron chi connectivity index (χ4n) is 2.76. The van der Waals surface area contributed by atoms with Crippen LogP contribution in [0.4, 0.5) is 0 Å². The molecule has 1 fully saturated rings. The summed E-state index contributed by atoms with van der Waals surface area (Å²) in [5.74, 6) is 0.553. The van der Waals surface area contributed by atoms with Gasteiger partial charge in [-0.3, -0.25) is 9.59 Å². The van der Waals surface area contributed by atoms with Gasteiger partial charge in [-0.25, -0.2) is 0 Å². The topological polar surface area (TPSA) is 55.4 Å². The second-order valence-corrected chi connectivity index (χ2v) is 7.15. The fourth-order valence-corrected chi connectivity index (χ4v) is 3.66. The van der Waals surface area contributed by atoms with Gasteiger partial charge in [0.1, 0.15) is 0 Å². The molecule has 2 heterocycles. The average Bonchev–Trinajstić information content (AvgIpc) is 3.11. The molecule has 126 valence electrons. The van der Waals surface area contributed by atoms with E-state index in [9.17, 15) is 9.59 Å². The van der Waals surface area contributed by atoms with Crippen molar-refractivity contribution in [1.29, 1.82) is 0 Å². The molecule has 24 heavy (non-hydrogen) atoms. The molecular weight excluding hydrogens is 322 g/mol. The second kappa shape index (κ2) is 7.73. The third kappa shape index (κ3) is 4.10. The Kier molecular flexibility index (Phi) is 5.43. The van der Waals surface area contributed by atoms with Crippen molar-refractivity contribution in [3.63, 3.8) is 0 Å². The maximum Gasteiger partial charge on any atom is 0.251 e. The molecular formula is C19H21NO3S. The van der Waals surface area contributed by atoms with E-state index in [2.05, 4.69) is 5.32 Å². The van der Waals surface area contributed by atoms with E-state index in [-0.39, 0.29) is 11.7 Å².